The van der Waals surface area contributed by atoms with E-state index in [1.807, 2.05) is 30.3 Å². The first kappa shape index (κ1) is 12.7. The van der Waals surface area contributed by atoms with E-state index < -0.39 is 0 Å². The van der Waals surface area contributed by atoms with Crippen molar-refractivity contribution in [2.75, 3.05) is 5.32 Å². The lowest BCUT2D eigenvalue weighted by Gasteiger charge is -2.10. The number of halogens is 1. The van der Waals surface area contributed by atoms with Crippen molar-refractivity contribution in [1.82, 2.24) is 9.55 Å². The fraction of sp³-hybridized carbons (Fsp3) is 0.0667. The standard InChI is InChI=1S/C15H12ClN3O/c1-19-13-8-14(16)17-9-10(13)7-12(15(19)20)18-11-5-3-2-4-6-11/h2-9,18H,1H3. The van der Waals surface area contributed by atoms with Gasteiger partial charge in [0.2, 0.25) is 0 Å². The van der Waals surface area contributed by atoms with Crippen molar-refractivity contribution < 1.29 is 0 Å². The summed E-state index contributed by atoms with van der Waals surface area (Å²) in [6.45, 7) is 0. The second-order valence-corrected chi connectivity index (χ2v) is 4.87. The number of hydrogen-bond donors (Lipinski definition) is 1. The quantitative estimate of drug-likeness (QED) is 0.735. The molecule has 0 bridgehead atoms. The average molecular weight is 286 g/mol. The molecule has 0 amide bonds. The van der Waals surface area contributed by atoms with Gasteiger partial charge >= 0.3 is 0 Å². The van der Waals surface area contributed by atoms with Gasteiger partial charge in [0, 0.05) is 24.3 Å². The van der Waals surface area contributed by atoms with Gasteiger partial charge in [-0.2, -0.15) is 0 Å². The fourth-order valence-electron chi connectivity index (χ4n) is 2.11. The van der Waals surface area contributed by atoms with Crippen LogP contribution in [0.4, 0.5) is 11.4 Å². The molecular formula is C15H12ClN3O. The van der Waals surface area contributed by atoms with E-state index in [4.69, 9.17) is 11.6 Å². The summed E-state index contributed by atoms with van der Waals surface area (Å²) in [5, 5.41) is 4.35. The third-order valence-electron chi connectivity index (χ3n) is 3.13. The van der Waals surface area contributed by atoms with Crippen LogP contribution in [0.15, 0.2) is 53.5 Å². The molecule has 0 saturated carbocycles. The molecule has 0 atom stereocenters. The van der Waals surface area contributed by atoms with E-state index in [0.717, 1.165) is 16.6 Å². The molecule has 0 radical (unpaired) electrons. The lowest BCUT2D eigenvalue weighted by Crippen LogP contribution is -2.20. The minimum Gasteiger partial charge on any atom is -0.351 e. The Labute approximate surface area is 120 Å². The Bertz CT molecular complexity index is 828. The second kappa shape index (κ2) is 4.98. The smallest absolute Gasteiger partial charge is 0.274 e. The molecule has 0 unspecified atom stereocenters. The number of nitrogens with one attached hydrogen (secondary N) is 1. The maximum absolute atomic E-state index is 12.3. The van der Waals surface area contributed by atoms with Crippen LogP contribution < -0.4 is 10.9 Å². The zero-order valence-corrected chi connectivity index (χ0v) is 11.6. The number of benzene rings is 1. The molecule has 0 aliphatic carbocycles. The zero-order valence-electron chi connectivity index (χ0n) is 10.8. The average Bonchev–Trinajstić information content (AvgIpc) is 2.46. The Morgan fingerprint density at radius 1 is 1.20 bits per heavy atom. The summed E-state index contributed by atoms with van der Waals surface area (Å²) >= 11 is 5.87. The number of rotatable bonds is 2. The molecule has 0 saturated heterocycles. The largest absolute Gasteiger partial charge is 0.351 e. The lowest BCUT2D eigenvalue weighted by atomic mass is 10.2. The molecule has 3 rings (SSSR count). The predicted octanol–water partition coefficient (Wildman–Crippen LogP) is 3.33. The molecule has 0 aliphatic rings. The van der Waals surface area contributed by atoms with E-state index in [2.05, 4.69) is 10.3 Å². The van der Waals surface area contributed by atoms with Gasteiger partial charge in [0.15, 0.2) is 0 Å². The Hall–Kier alpha value is -2.33. The van der Waals surface area contributed by atoms with Crippen LogP contribution in [0.1, 0.15) is 0 Å². The number of fused-ring (bicyclic) bond motifs is 1. The SMILES string of the molecule is Cn1c(=O)c(Nc2ccccc2)cc2cnc(Cl)cc21. The van der Waals surface area contributed by atoms with Crippen molar-refractivity contribution >= 4 is 33.9 Å². The Balaban J connectivity index is 2.15. The molecule has 100 valence electrons. The predicted molar refractivity (Wildman–Crippen MR) is 81.7 cm³/mol. The molecule has 2 aromatic heterocycles. The first-order valence-electron chi connectivity index (χ1n) is 6.12. The molecular weight excluding hydrogens is 274 g/mol. The van der Waals surface area contributed by atoms with Gasteiger partial charge in [-0.1, -0.05) is 29.8 Å². The van der Waals surface area contributed by atoms with E-state index in [1.165, 1.54) is 0 Å². The van der Waals surface area contributed by atoms with Gasteiger partial charge in [-0.3, -0.25) is 4.79 Å². The van der Waals surface area contributed by atoms with Crippen molar-refractivity contribution in [2.45, 2.75) is 0 Å². The van der Waals surface area contributed by atoms with E-state index in [9.17, 15) is 4.79 Å². The number of hydrogen-bond acceptors (Lipinski definition) is 3. The summed E-state index contributed by atoms with van der Waals surface area (Å²) in [6, 6.07) is 13.0. The van der Waals surface area contributed by atoms with Crippen LogP contribution in [0, 0.1) is 0 Å². The number of aryl methyl sites for hydroxylation is 1. The summed E-state index contributed by atoms with van der Waals surface area (Å²) in [4.78, 5) is 16.4. The summed E-state index contributed by atoms with van der Waals surface area (Å²) in [6.07, 6.45) is 1.66. The summed E-state index contributed by atoms with van der Waals surface area (Å²) < 4.78 is 1.56. The number of anilines is 2. The molecule has 2 heterocycles. The highest BCUT2D eigenvalue weighted by Crippen LogP contribution is 2.20. The van der Waals surface area contributed by atoms with Crippen molar-refractivity contribution in [3.63, 3.8) is 0 Å². The van der Waals surface area contributed by atoms with Gasteiger partial charge in [-0.25, -0.2) is 4.98 Å². The van der Waals surface area contributed by atoms with E-state index in [1.54, 1.807) is 29.9 Å². The number of pyridine rings is 2. The molecule has 20 heavy (non-hydrogen) atoms. The van der Waals surface area contributed by atoms with Gasteiger partial charge in [-0.15, -0.1) is 0 Å². The number of nitrogens with zero attached hydrogens (tertiary/aromatic N) is 2. The highest BCUT2D eigenvalue weighted by Gasteiger charge is 2.07. The zero-order chi connectivity index (χ0) is 14.1. The Morgan fingerprint density at radius 3 is 2.70 bits per heavy atom. The van der Waals surface area contributed by atoms with Crippen LogP contribution in [-0.2, 0) is 7.05 Å². The van der Waals surface area contributed by atoms with Crippen LogP contribution in [0.2, 0.25) is 5.15 Å². The van der Waals surface area contributed by atoms with Gasteiger partial charge in [0.25, 0.3) is 5.56 Å². The molecule has 0 aliphatic heterocycles. The Kier molecular flexibility index (Phi) is 3.16. The maximum Gasteiger partial charge on any atom is 0.274 e. The minimum atomic E-state index is -0.108. The lowest BCUT2D eigenvalue weighted by molar-refractivity contribution is 0.907. The normalized spacial score (nSPS) is 10.7. The van der Waals surface area contributed by atoms with Crippen LogP contribution >= 0.6 is 11.6 Å². The molecule has 1 N–H and O–H groups in total. The van der Waals surface area contributed by atoms with Gasteiger partial charge in [0.1, 0.15) is 10.8 Å². The molecule has 0 spiro atoms. The first-order chi connectivity index (χ1) is 9.65. The van der Waals surface area contributed by atoms with E-state index in [-0.39, 0.29) is 5.56 Å². The summed E-state index contributed by atoms with van der Waals surface area (Å²) in [5.74, 6) is 0. The topological polar surface area (TPSA) is 46.9 Å². The van der Waals surface area contributed by atoms with Crippen LogP contribution in [0.25, 0.3) is 10.9 Å². The number of aromatic nitrogens is 2. The van der Waals surface area contributed by atoms with Crippen LogP contribution in [0.3, 0.4) is 0 Å². The molecule has 5 heteroatoms. The third-order valence-corrected chi connectivity index (χ3v) is 3.33. The van der Waals surface area contributed by atoms with E-state index in [0.29, 0.717) is 10.8 Å². The summed E-state index contributed by atoms with van der Waals surface area (Å²) in [5.41, 5.74) is 2.03. The third kappa shape index (κ3) is 2.26. The summed E-state index contributed by atoms with van der Waals surface area (Å²) in [7, 11) is 1.72. The first-order valence-corrected chi connectivity index (χ1v) is 6.50. The van der Waals surface area contributed by atoms with Gasteiger partial charge < -0.3 is 9.88 Å². The molecule has 4 nitrogen and oxygen atoms in total. The van der Waals surface area contributed by atoms with Crippen LogP contribution in [-0.4, -0.2) is 9.55 Å². The van der Waals surface area contributed by atoms with Crippen molar-refractivity contribution in [1.29, 1.82) is 0 Å². The van der Waals surface area contributed by atoms with Crippen LogP contribution in [0.5, 0.6) is 0 Å². The maximum atomic E-state index is 12.3. The molecule has 1 aromatic carbocycles. The van der Waals surface area contributed by atoms with Gasteiger partial charge in [0.05, 0.1) is 5.52 Å². The highest BCUT2D eigenvalue weighted by molar-refractivity contribution is 6.30. The second-order valence-electron chi connectivity index (χ2n) is 4.48. The number of para-hydroxylation sites is 1. The monoisotopic (exact) mass is 285 g/mol. The molecule has 0 fully saturated rings. The molecule has 3 aromatic rings. The van der Waals surface area contributed by atoms with Crippen molar-refractivity contribution in [3.05, 3.63) is 64.2 Å². The fourth-order valence-corrected chi connectivity index (χ4v) is 2.26. The van der Waals surface area contributed by atoms with Gasteiger partial charge in [-0.05, 0) is 24.3 Å². The highest BCUT2D eigenvalue weighted by atomic mass is 35.5. The van der Waals surface area contributed by atoms with E-state index >= 15 is 0 Å². The Morgan fingerprint density at radius 2 is 1.95 bits per heavy atom. The minimum absolute atomic E-state index is 0.108. The van der Waals surface area contributed by atoms with Crippen molar-refractivity contribution in [3.8, 4) is 0 Å². The van der Waals surface area contributed by atoms with Crippen molar-refractivity contribution in [2.24, 2.45) is 7.05 Å².